The van der Waals surface area contributed by atoms with Crippen LogP contribution in [0.2, 0.25) is 0 Å². The molecule has 0 amide bonds. The summed E-state index contributed by atoms with van der Waals surface area (Å²) in [5.41, 5.74) is 1.41. The van der Waals surface area contributed by atoms with Crippen molar-refractivity contribution in [2.24, 2.45) is 0 Å². The van der Waals surface area contributed by atoms with Gasteiger partial charge in [-0.3, -0.25) is 9.80 Å². The number of nitrogens with one attached hydrogen (secondary N) is 1. The molecule has 1 aromatic rings. The molecule has 0 radical (unpaired) electrons. The Bertz CT molecular complexity index is 387. The van der Waals surface area contributed by atoms with Gasteiger partial charge in [0.2, 0.25) is 0 Å². The fraction of sp³-hybridized carbons (Fsp3) is 0.667. The predicted octanol–water partition coefficient (Wildman–Crippen LogP) is 1.77. The van der Waals surface area contributed by atoms with E-state index in [1.165, 1.54) is 42.8 Å². The molecule has 0 aromatic carbocycles. The van der Waals surface area contributed by atoms with Gasteiger partial charge in [-0.1, -0.05) is 0 Å². The fourth-order valence-electron chi connectivity index (χ4n) is 3.04. The van der Waals surface area contributed by atoms with Gasteiger partial charge in [-0.2, -0.15) is 11.3 Å². The third kappa shape index (κ3) is 2.19. The standard InChI is InChI=1S/C12H18BrN3S/c1-14-12(9-7-17-8-10(9)13)11-6-15-2-4-16(11)5-3-15/h7-8,11-12,14H,2-6H2,1H3. The van der Waals surface area contributed by atoms with Crippen molar-refractivity contribution in [3.05, 3.63) is 20.8 Å². The van der Waals surface area contributed by atoms with Crippen molar-refractivity contribution in [1.82, 2.24) is 15.1 Å². The highest BCUT2D eigenvalue weighted by Gasteiger charge is 2.37. The highest BCUT2D eigenvalue weighted by atomic mass is 79.9. The van der Waals surface area contributed by atoms with Gasteiger partial charge in [0, 0.05) is 48.6 Å². The summed E-state index contributed by atoms with van der Waals surface area (Å²) in [6.07, 6.45) is 0. The Labute approximate surface area is 115 Å². The molecule has 3 aliphatic rings. The molecule has 2 bridgehead atoms. The number of thiophene rings is 1. The van der Waals surface area contributed by atoms with E-state index in [-0.39, 0.29) is 0 Å². The summed E-state index contributed by atoms with van der Waals surface area (Å²) in [5.74, 6) is 0. The summed E-state index contributed by atoms with van der Waals surface area (Å²) in [7, 11) is 2.08. The molecular weight excluding hydrogens is 298 g/mol. The van der Waals surface area contributed by atoms with Crippen molar-refractivity contribution in [3.8, 4) is 0 Å². The SMILES string of the molecule is CNC(c1cscc1Br)C1CN2CCN1CC2. The lowest BCUT2D eigenvalue weighted by atomic mass is 9.96. The predicted molar refractivity (Wildman–Crippen MR) is 75.6 cm³/mol. The lowest BCUT2D eigenvalue weighted by molar-refractivity contribution is -0.00258. The Morgan fingerprint density at radius 3 is 2.59 bits per heavy atom. The normalized spacial score (nSPS) is 33.9. The van der Waals surface area contributed by atoms with E-state index < -0.39 is 0 Å². The van der Waals surface area contributed by atoms with Crippen LogP contribution in [-0.2, 0) is 0 Å². The third-order valence-corrected chi connectivity index (χ3v) is 5.75. The molecule has 1 aromatic heterocycles. The molecule has 3 saturated heterocycles. The summed E-state index contributed by atoms with van der Waals surface area (Å²) in [6.45, 7) is 6.15. The Morgan fingerprint density at radius 1 is 1.35 bits per heavy atom. The van der Waals surface area contributed by atoms with E-state index in [1.807, 2.05) is 0 Å². The number of rotatable bonds is 3. The number of likely N-dealkylation sites (N-methyl/N-ethyl adjacent to an activating group) is 1. The maximum absolute atomic E-state index is 3.67. The summed E-state index contributed by atoms with van der Waals surface area (Å²) >= 11 is 5.44. The number of piperazine rings is 3. The van der Waals surface area contributed by atoms with Crippen LogP contribution in [0, 0.1) is 0 Å². The molecule has 0 saturated carbocycles. The minimum absolute atomic E-state index is 0.443. The molecule has 94 valence electrons. The molecule has 0 aliphatic carbocycles. The van der Waals surface area contributed by atoms with E-state index in [9.17, 15) is 0 Å². The molecule has 5 heteroatoms. The Morgan fingerprint density at radius 2 is 2.12 bits per heavy atom. The van der Waals surface area contributed by atoms with E-state index in [0.29, 0.717) is 12.1 Å². The lowest BCUT2D eigenvalue weighted by Gasteiger charge is -2.50. The zero-order valence-corrected chi connectivity index (χ0v) is 12.4. The van der Waals surface area contributed by atoms with Crippen molar-refractivity contribution >= 4 is 27.3 Å². The van der Waals surface area contributed by atoms with Gasteiger partial charge in [0.25, 0.3) is 0 Å². The maximum atomic E-state index is 3.67. The molecular formula is C12H18BrN3S. The Hall–Kier alpha value is 0.0600. The summed E-state index contributed by atoms with van der Waals surface area (Å²) in [5, 5.41) is 7.95. The number of nitrogens with zero attached hydrogens (tertiary/aromatic N) is 2. The van der Waals surface area contributed by atoms with Crippen molar-refractivity contribution in [2.75, 3.05) is 39.8 Å². The smallest absolute Gasteiger partial charge is 0.0507 e. The van der Waals surface area contributed by atoms with Crippen molar-refractivity contribution in [1.29, 1.82) is 0 Å². The van der Waals surface area contributed by atoms with Crippen molar-refractivity contribution in [2.45, 2.75) is 12.1 Å². The lowest BCUT2D eigenvalue weighted by Crippen LogP contribution is -2.63. The van der Waals surface area contributed by atoms with Gasteiger partial charge >= 0.3 is 0 Å². The van der Waals surface area contributed by atoms with Gasteiger partial charge in [0.1, 0.15) is 0 Å². The number of halogens is 1. The molecule has 17 heavy (non-hydrogen) atoms. The molecule has 3 nitrogen and oxygen atoms in total. The van der Waals surface area contributed by atoms with Crippen LogP contribution in [-0.4, -0.2) is 55.6 Å². The Kier molecular flexibility index (Phi) is 3.54. The summed E-state index contributed by atoms with van der Waals surface area (Å²) < 4.78 is 1.25. The first-order chi connectivity index (χ1) is 8.29. The first-order valence-electron chi connectivity index (χ1n) is 6.15. The largest absolute Gasteiger partial charge is 0.312 e. The zero-order valence-electron chi connectivity index (χ0n) is 10.0. The molecule has 2 atom stereocenters. The fourth-order valence-corrected chi connectivity index (χ4v) is 4.62. The van der Waals surface area contributed by atoms with Crippen LogP contribution in [0.3, 0.4) is 0 Å². The first kappa shape index (κ1) is 12.1. The van der Waals surface area contributed by atoms with Crippen molar-refractivity contribution < 1.29 is 0 Å². The molecule has 0 spiro atoms. The zero-order chi connectivity index (χ0) is 11.8. The third-order valence-electron chi connectivity index (χ3n) is 3.99. The van der Waals surface area contributed by atoms with E-state index in [1.54, 1.807) is 11.3 Å². The maximum Gasteiger partial charge on any atom is 0.0507 e. The second-order valence-electron chi connectivity index (χ2n) is 4.85. The highest BCUT2D eigenvalue weighted by molar-refractivity contribution is 9.10. The van der Waals surface area contributed by atoms with Gasteiger partial charge in [-0.05, 0) is 33.9 Å². The van der Waals surface area contributed by atoms with Crippen LogP contribution in [0.15, 0.2) is 15.2 Å². The number of hydrogen-bond donors (Lipinski definition) is 1. The van der Waals surface area contributed by atoms with Crippen molar-refractivity contribution in [3.63, 3.8) is 0 Å². The van der Waals surface area contributed by atoms with Gasteiger partial charge in [-0.25, -0.2) is 0 Å². The molecule has 3 aliphatic heterocycles. The van der Waals surface area contributed by atoms with E-state index in [2.05, 4.69) is 48.9 Å². The molecule has 4 heterocycles. The average Bonchev–Trinajstić information content (AvgIpc) is 2.79. The van der Waals surface area contributed by atoms with E-state index >= 15 is 0 Å². The van der Waals surface area contributed by atoms with Gasteiger partial charge in [0.15, 0.2) is 0 Å². The van der Waals surface area contributed by atoms with E-state index in [4.69, 9.17) is 0 Å². The quantitative estimate of drug-likeness (QED) is 0.917. The van der Waals surface area contributed by atoms with Crippen LogP contribution in [0.25, 0.3) is 0 Å². The summed E-state index contributed by atoms with van der Waals surface area (Å²) in [6, 6.07) is 1.06. The average molecular weight is 316 g/mol. The minimum Gasteiger partial charge on any atom is -0.312 e. The van der Waals surface area contributed by atoms with E-state index in [0.717, 1.165) is 0 Å². The molecule has 3 fully saturated rings. The summed E-state index contributed by atoms with van der Waals surface area (Å²) in [4.78, 5) is 5.24. The van der Waals surface area contributed by atoms with Crippen LogP contribution in [0.5, 0.6) is 0 Å². The Balaban J connectivity index is 1.84. The second kappa shape index (κ2) is 4.97. The van der Waals surface area contributed by atoms with Gasteiger partial charge < -0.3 is 5.32 Å². The number of fused-ring (bicyclic) bond motifs is 3. The van der Waals surface area contributed by atoms with Crippen LogP contribution in [0.4, 0.5) is 0 Å². The molecule has 1 N–H and O–H groups in total. The van der Waals surface area contributed by atoms with Gasteiger partial charge in [0.05, 0.1) is 6.04 Å². The topological polar surface area (TPSA) is 18.5 Å². The van der Waals surface area contributed by atoms with Crippen LogP contribution < -0.4 is 5.32 Å². The second-order valence-corrected chi connectivity index (χ2v) is 6.44. The minimum atomic E-state index is 0.443. The van der Waals surface area contributed by atoms with Crippen LogP contribution in [0.1, 0.15) is 11.6 Å². The molecule has 4 rings (SSSR count). The molecule has 2 unspecified atom stereocenters. The first-order valence-corrected chi connectivity index (χ1v) is 7.88. The number of hydrogen-bond acceptors (Lipinski definition) is 4. The highest BCUT2D eigenvalue weighted by Crippen LogP contribution is 2.33. The van der Waals surface area contributed by atoms with Crippen LogP contribution >= 0.6 is 27.3 Å². The monoisotopic (exact) mass is 315 g/mol. The van der Waals surface area contributed by atoms with Gasteiger partial charge in [-0.15, -0.1) is 0 Å².